The van der Waals surface area contributed by atoms with Crippen LogP contribution >= 0.6 is 30.5 Å². The van der Waals surface area contributed by atoms with Gasteiger partial charge in [-0.25, -0.2) is 44.4 Å². The molecule has 0 radical (unpaired) electrons. The SMILES string of the molecule is CN(C)/C=C(\C=[N+](C)C)c1ncc(-c2cccc(-c3ncccn3)n2)s1.F[P-](F)(F)(F)(F)F.c1cnc(-c2cccc(-c3cnc(-c4cn[nH]c4)s3)n2)nc1. The molecule has 0 aliphatic heterocycles. The summed E-state index contributed by atoms with van der Waals surface area (Å²) in [4.78, 5) is 39.4. The van der Waals surface area contributed by atoms with Crippen molar-refractivity contribution >= 4 is 42.3 Å². The monoisotopic (exact) mass is 816 g/mol. The Hall–Kier alpha value is -5.85. The zero-order valence-corrected chi connectivity index (χ0v) is 31.9. The van der Waals surface area contributed by atoms with Gasteiger partial charge in [-0.1, -0.05) is 12.1 Å². The molecule has 0 aliphatic rings. The van der Waals surface area contributed by atoms with Crippen LogP contribution in [0.15, 0.2) is 104 Å². The maximum Gasteiger partial charge on any atom is 0.178 e. The first-order valence-electron chi connectivity index (χ1n) is 15.7. The van der Waals surface area contributed by atoms with Gasteiger partial charge in [-0.15, -0.1) is 22.7 Å². The first kappa shape index (κ1) is 40.3. The van der Waals surface area contributed by atoms with E-state index in [0.717, 1.165) is 53.7 Å². The summed E-state index contributed by atoms with van der Waals surface area (Å²) in [6.45, 7) is 0. The van der Waals surface area contributed by atoms with E-state index in [-0.39, 0.29) is 0 Å². The fraction of sp³-hybridized carbons (Fsp3) is 0.118. The van der Waals surface area contributed by atoms with Crippen molar-refractivity contribution in [1.82, 2.24) is 55.0 Å². The van der Waals surface area contributed by atoms with Crippen molar-refractivity contribution in [2.45, 2.75) is 0 Å². The number of pyridine rings is 2. The fourth-order valence-electron chi connectivity index (χ4n) is 4.38. The van der Waals surface area contributed by atoms with E-state index in [9.17, 15) is 25.2 Å². The van der Waals surface area contributed by atoms with Gasteiger partial charge in [0.05, 0.1) is 32.9 Å². The standard InChI is InChI=1S/C19H21N6S.C15H10N6S.F6P/c1-24(2)12-14(13-25(3)4)19-22-11-17(26-19)15-7-5-8-16(23-15)18-20-9-6-10-21-18;1-3-11(21-12(4-1)14-16-5-2-6-17-14)13-9-18-15(22-13)10-7-19-20-8-10;1-7(2,3,4,5)6/h5-13H,1-4H3;1-9H,(H,19,20);/q+1;;-1. The molecule has 0 unspecified atom stereocenters. The fourth-order valence-corrected chi connectivity index (χ4v) is 6.10. The summed E-state index contributed by atoms with van der Waals surface area (Å²) in [7, 11) is -2.65. The van der Waals surface area contributed by atoms with E-state index < -0.39 is 7.81 Å². The number of aromatic amines is 1. The summed E-state index contributed by atoms with van der Waals surface area (Å²) in [6, 6.07) is 15.3. The molecule has 0 saturated heterocycles. The van der Waals surface area contributed by atoms with E-state index in [2.05, 4.69) is 57.5 Å². The molecule has 1 N–H and O–H groups in total. The number of rotatable bonds is 8. The number of thiazole rings is 2. The smallest absolute Gasteiger partial charge is 0.178 e. The van der Waals surface area contributed by atoms with Crippen LogP contribution in [0.25, 0.3) is 60.3 Å². The summed E-state index contributed by atoms with van der Waals surface area (Å²) in [5.74, 6) is 1.23. The largest absolute Gasteiger partial charge is 0.285 e. The second-order valence-corrected chi connectivity index (χ2v) is 15.6. The molecule has 7 rings (SSSR count). The first-order valence-corrected chi connectivity index (χ1v) is 19.4. The quantitative estimate of drug-likeness (QED) is 0.0684. The zero-order chi connectivity index (χ0) is 39.7. The van der Waals surface area contributed by atoms with Crippen LogP contribution in [0.2, 0.25) is 0 Å². The summed E-state index contributed by atoms with van der Waals surface area (Å²) in [5.41, 5.74) is 5.25. The van der Waals surface area contributed by atoms with E-state index in [1.165, 1.54) is 0 Å². The van der Waals surface area contributed by atoms with Crippen molar-refractivity contribution in [2.75, 3.05) is 28.2 Å². The van der Waals surface area contributed by atoms with Crippen LogP contribution in [-0.2, 0) is 0 Å². The second kappa shape index (κ2) is 16.3. The van der Waals surface area contributed by atoms with Gasteiger partial charge in [-0.3, -0.25) is 5.10 Å². The molecule has 0 saturated carbocycles. The van der Waals surface area contributed by atoms with E-state index in [0.29, 0.717) is 11.6 Å². The van der Waals surface area contributed by atoms with Crippen LogP contribution in [0.1, 0.15) is 5.01 Å². The average Bonchev–Trinajstić information content (AvgIpc) is 3.94. The number of aromatic nitrogens is 10. The molecule has 0 atom stereocenters. The van der Waals surface area contributed by atoms with Crippen molar-refractivity contribution in [3.8, 4) is 54.7 Å². The van der Waals surface area contributed by atoms with Crippen molar-refractivity contribution in [2.24, 2.45) is 0 Å². The molecule has 0 fully saturated rings. The number of hydrogen-bond donors (Lipinski definition) is 1. The molecule has 0 aliphatic carbocycles. The molecule has 55 heavy (non-hydrogen) atoms. The molecular weight excluding hydrogens is 786 g/mol. The number of allylic oxidation sites excluding steroid dienone is 1. The Morgan fingerprint density at radius 1 is 0.673 bits per heavy atom. The minimum atomic E-state index is -10.7. The van der Waals surface area contributed by atoms with Gasteiger partial charge >= 0.3 is 33.0 Å². The van der Waals surface area contributed by atoms with Crippen molar-refractivity contribution in [3.05, 3.63) is 109 Å². The van der Waals surface area contributed by atoms with Gasteiger partial charge in [-0.05, 0) is 36.4 Å². The van der Waals surface area contributed by atoms with Crippen molar-refractivity contribution < 1.29 is 29.8 Å². The second-order valence-electron chi connectivity index (χ2n) is 11.6. The summed E-state index contributed by atoms with van der Waals surface area (Å²) < 4.78 is 61.2. The third-order valence-corrected chi connectivity index (χ3v) is 8.53. The number of nitrogens with zero attached hydrogens (tertiary/aromatic N) is 11. The van der Waals surface area contributed by atoms with Gasteiger partial charge < -0.3 is 4.90 Å². The summed E-state index contributed by atoms with van der Waals surface area (Å²) >= 11 is 3.19. The van der Waals surface area contributed by atoms with Crippen molar-refractivity contribution in [1.29, 1.82) is 0 Å². The van der Waals surface area contributed by atoms with E-state index in [1.54, 1.807) is 65.8 Å². The van der Waals surface area contributed by atoms with Crippen molar-refractivity contribution in [3.63, 3.8) is 0 Å². The Morgan fingerprint density at radius 2 is 1.16 bits per heavy atom. The Labute approximate surface area is 318 Å². The maximum absolute atomic E-state index is 10.7. The molecular formula is C34H31F6N12PS2. The van der Waals surface area contributed by atoms with Gasteiger partial charge in [0, 0.05) is 69.2 Å². The molecule has 0 amide bonds. The first-order chi connectivity index (χ1) is 25.9. The predicted molar refractivity (Wildman–Crippen MR) is 204 cm³/mol. The van der Waals surface area contributed by atoms with E-state index >= 15 is 0 Å². The molecule has 7 heterocycles. The van der Waals surface area contributed by atoms with Gasteiger partial charge in [0.25, 0.3) is 0 Å². The van der Waals surface area contributed by atoms with Gasteiger partial charge in [-0.2, -0.15) is 5.10 Å². The third kappa shape index (κ3) is 13.5. The minimum absolute atomic E-state index is 0.615. The molecule has 0 spiro atoms. The molecule has 0 bridgehead atoms. The van der Waals surface area contributed by atoms with Crippen LogP contribution in [-0.4, -0.2) is 93.9 Å². The Balaban J connectivity index is 0.000000182. The number of hydrogen-bond acceptors (Lipinski definition) is 12. The Kier molecular flexibility index (Phi) is 11.9. The van der Waals surface area contributed by atoms with Crippen LogP contribution < -0.4 is 0 Å². The van der Waals surface area contributed by atoms with Crippen LogP contribution in [0.4, 0.5) is 25.2 Å². The van der Waals surface area contributed by atoms with Gasteiger partial charge in [0.15, 0.2) is 17.9 Å². The number of nitrogens with one attached hydrogen (secondary N) is 1. The normalized spacial score (nSPS) is 12.6. The number of H-pyrrole nitrogens is 1. The molecule has 7 aromatic heterocycles. The molecule has 286 valence electrons. The molecule has 12 nitrogen and oxygen atoms in total. The predicted octanol–water partition coefficient (Wildman–Crippen LogP) is 9.34. The average molecular weight is 817 g/mol. The molecule has 0 aromatic carbocycles. The zero-order valence-electron chi connectivity index (χ0n) is 29.3. The van der Waals surface area contributed by atoms with Crippen LogP contribution in [0, 0.1) is 0 Å². The van der Waals surface area contributed by atoms with Gasteiger partial charge in [0.2, 0.25) is 0 Å². The maximum atomic E-state index is 9.87. The third-order valence-electron chi connectivity index (χ3n) is 6.39. The topological polar surface area (TPSA) is 138 Å². The Bertz CT molecular complexity index is 2370. The molecule has 7 aromatic rings. The minimum Gasteiger partial charge on any atom is -0.285 e. The van der Waals surface area contributed by atoms with Gasteiger partial charge in [0.1, 0.15) is 35.5 Å². The van der Waals surface area contributed by atoms with E-state index in [4.69, 9.17) is 4.98 Å². The summed E-state index contributed by atoms with van der Waals surface area (Å²) in [6.07, 6.45) is 18.2. The van der Waals surface area contributed by atoms with E-state index in [1.807, 2.05) is 92.7 Å². The Morgan fingerprint density at radius 3 is 1.64 bits per heavy atom. The summed E-state index contributed by atoms with van der Waals surface area (Å²) in [5, 5.41) is 8.60. The van der Waals surface area contributed by atoms with Crippen LogP contribution in [0.5, 0.6) is 0 Å². The number of halogens is 6. The molecule has 21 heteroatoms. The van der Waals surface area contributed by atoms with Crippen LogP contribution in [0.3, 0.4) is 0 Å².